The lowest BCUT2D eigenvalue weighted by molar-refractivity contribution is -0.415. The van der Waals surface area contributed by atoms with Crippen LogP contribution in [0.4, 0.5) is 0 Å². The van der Waals surface area contributed by atoms with Crippen LogP contribution in [0.3, 0.4) is 0 Å². The SMILES string of the molecule is COC(=O)C1C=C(Cl)C(Cl)=C([N+](=O)[O-])C1=S(=O)=O. The van der Waals surface area contributed by atoms with Gasteiger partial charge in [-0.1, -0.05) is 23.2 Å². The van der Waals surface area contributed by atoms with Crippen LogP contribution in [-0.4, -0.2) is 31.3 Å². The number of nitrogens with zero attached hydrogens (tertiary/aromatic N) is 1. The number of ether oxygens (including phenoxy) is 1. The smallest absolute Gasteiger partial charge is 0.318 e. The monoisotopic (exact) mass is 313 g/mol. The van der Waals surface area contributed by atoms with Crippen molar-refractivity contribution < 1.29 is 22.9 Å². The molecule has 0 aromatic rings. The number of rotatable bonds is 2. The van der Waals surface area contributed by atoms with Crippen LogP contribution >= 0.6 is 23.2 Å². The maximum Gasteiger partial charge on any atom is 0.318 e. The molecule has 0 N–H and O–H groups in total. The van der Waals surface area contributed by atoms with Crippen molar-refractivity contribution in [1.82, 2.24) is 0 Å². The average Bonchev–Trinajstić information content (AvgIpc) is 2.29. The molecule has 0 radical (unpaired) electrons. The van der Waals surface area contributed by atoms with Gasteiger partial charge < -0.3 is 4.74 Å². The molecule has 0 saturated heterocycles. The number of carbonyl (C=O) groups is 1. The van der Waals surface area contributed by atoms with Gasteiger partial charge in [-0.05, 0) is 6.08 Å². The third-order valence-corrected chi connectivity index (χ3v) is 3.66. The number of esters is 1. The van der Waals surface area contributed by atoms with E-state index in [-0.39, 0.29) is 5.03 Å². The average molecular weight is 314 g/mol. The second-order valence-electron chi connectivity index (χ2n) is 3.03. The zero-order valence-corrected chi connectivity index (χ0v) is 11.0. The first kappa shape index (κ1) is 14.7. The maximum absolute atomic E-state index is 11.4. The van der Waals surface area contributed by atoms with Crippen molar-refractivity contribution in [3.63, 3.8) is 0 Å². The van der Waals surface area contributed by atoms with Crippen LogP contribution in [0.5, 0.6) is 0 Å². The second kappa shape index (κ2) is 5.51. The Morgan fingerprint density at radius 3 is 2.44 bits per heavy atom. The zero-order chi connectivity index (χ0) is 14.0. The molecule has 0 amide bonds. The molecule has 0 saturated carbocycles. The highest BCUT2D eigenvalue weighted by Crippen LogP contribution is 2.32. The van der Waals surface area contributed by atoms with E-state index < -0.39 is 42.7 Å². The van der Waals surface area contributed by atoms with Crippen molar-refractivity contribution >= 4 is 44.3 Å². The van der Waals surface area contributed by atoms with E-state index >= 15 is 0 Å². The second-order valence-corrected chi connectivity index (χ2v) is 4.73. The highest BCUT2D eigenvalue weighted by atomic mass is 35.5. The molecule has 1 aliphatic rings. The first-order valence-electron chi connectivity index (χ1n) is 4.27. The van der Waals surface area contributed by atoms with Crippen molar-refractivity contribution in [1.29, 1.82) is 0 Å². The molecule has 0 aromatic heterocycles. The van der Waals surface area contributed by atoms with Gasteiger partial charge in [-0.25, -0.2) is 0 Å². The number of methoxy groups -OCH3 is 1. The molecule has 1 aliphatic carbocycles. The summed E-state index contributed by atoms with van der Waals surface area (Å²) in [4.78, 5) is 20.4. The Balaban J connectivity index is 3.62. The van der Waals surface area contributed by atoms with Crippen molar-refractivity contribution in [2.75, 3.05) is 7.11 Å². The molecule has 0 bridgehead atoms. The van der Waals surface area contributed by atoms with Gasteiger partial charge in [-0.2, -0.15) is 8.42 Å². The maximum atomic E-state index is 11.4. The minimum Gasteiger partial charge on any atom is -0.468 e. The van der Waals surface area contributed by atoms with Gasteiger partial charge in [-0.3, -0.25) is 14.9 Å². The van der Waals surface area contributed by atoms with Crippen LogP contribution in [0.15, 0.2) is 21.8 Å². The summed E-state index contributed by atoms with van der Waals surface area (Å²) in [6.45, 7) is 0. The molecule has 98 valence electrons. The van der Waals surface area contributed by atoms with Crippen LogP contribution in [0, 0.1) is 16.0 Å². The van der Waals surface area contributed by atoms with Crippen molar-refractivity contribution in [2.45, 2.75) is 0 Å². The van der Waals surface area contributed by atoms with Gasteiger partial charge in [-0.15, -0.1) is 0 Å². The number of hydrogen-bond donors (Lipinski definition) is 0. The molecular formula is C8H5Cl2NO6S. The molecule has 0 spiro atoms. The summed E-state index contributed by atoms with van der Waals surface area (Å²) >= 11 is 11.2. The topological polar surface area (TPSA) is 104 Å². The summed E-state index contributed by atoms with van der Waals surface area (Å²) in [5.74, 6) is -2.47. The summed E-state index contributed by atoms with van der Waals surface area (Å²) in [6, 6.07) is 0. The number of carbonyl (C=O) groups excluding carboxylic acids is 1. The van der Waals surface area contributed by atoms with Gasteiger partial charge in [0.25, 0.3) is 0 Å². The van der Waals surface area contributed by atoms with E-state index in [4.69, 9.17) is 23.2 Å². The molecular weight excluding hydrogens is 309 g/mol. The number of halogens is 2. The van der Waals surface area contributed by atoms with Gasteiger partial charge in [0.05, 0.1) is 17.1 Å². The summed E-state index contributed by atoms with van der Waals surface area (Å²) in [6.07, 6.45) is 0.980. The van der Waals surface area contributed by atoms with Crippen molar-refractivity contribution in [2.24, 2.45) is 5.92 Å². The molecule has 7 nitrogen and oxygen atoms in total. The Morgan fingerprint density at radius 2 is 2.06 bits per heavy atom. The number of nitro groups is 1. The van der Waals surface area contributed by atoms with E-state index in [1.54, 1.807) is 0 Å². The lowest BCUT2D eigenvalue weighted by Gasteiger charge is -2.15. The number of hydrogen-bond acceptors (Lipinski definition) is 6. The van der Waals surface area contributed by atoms with Crippen molar-refractivity contribution in [3.05, 3.63) is 32.0 Å². The minimum absolute atomic E-state index is 0.284. The van der Waals surface area contributed by atoms with Gasteiger partial charge in [0.2, 0.25) is 10.3 Å². The van der Waals surface area contributed by atoms with Crippen LogP contribution < -0.4 is 0 Å². The van der Waals surface area contributed by atoms with E-state index in [0.717, 1.165) is 13.2 Å². The van der Waals surface area contributed by atoms with Gasteiger partial charge >= 0.3 is 11.7 Å². The van der Waals surface area contributed by atoms with E-state index in [2.05, 4.69) is 4.74 Å². The van der Waals surface area contributed by atoms with Crippen LogP contribution in [0.1, 0.15) is 0 Å². The minimum atomic E-state index is -3.01. The predicted molar refractivity (Wildman–Crippen MR) is 63.2 cm³/mol. The van der Waals surface area contributed by atoms with E-state index in [1.807, 2.05) is 0 Å². The number of allylic oxidation sites excluding steroid dienone is 3. The summed E-state index contributed by atoms with van der Waals surface area (Å²) in [5, 5.41) is 9.99. The normalized spacial score (nSPS) is 19.4. The zero-order valence-electron chi connectivity index (χ0n) is 8.72. The highest BCUT2D eigenvalue weighted by Gasteiger charge is 2.40. The third-order valence-electron chi connectivity index (χ3n) is 2.06. The van der Waals surface area contributed by atoms with E-state index in [1.165, 1.54) is 0 Å². The fourth-order valence-corrected chi connectivity index (χ4v) is 2.53. The van der Waals surface area contributed by atoms with Crippen molar-refractivity contribution in [3.8, 4) is 0 Å². The quantitative estimate of drug-likeness (QED) is 0.321. The summed E-state index contributed by atoms with van der Waals surface area (Å²) in [5.41, 5.74) is -0.923. The Labute approximate surface area is 112 Å². The Kier molecular flexibility index (Phi) is 4.49. The predicted octanol–water partition coefficient (Wildman–Crippen LogP) is 0.691. The lowest BCUT2D eigenvalue weighted by Crippen LogP contribution is -2.31. The first-order valence-corrected chi connectivity index (χ1v) is 6.10. The Morgan fingerprint density at radius 1 is 1.50 bits per heavy atom. The molecule has 0 heterocycles. The molecule has 0 aromatic carbocycles. The highest BCUT2D eigenvalue weighted by molar-refractivity contribution is 7.73. The first-order chi connectivity index (χ1) is 8.31. The largest absolute Gasteiger partial charge is 0.468 e. The van der Waals surface area contributed by atoms with E-state index in [9.17, 15) is 23.3 Å². The standard InChI is InChI=1S/C8H5Cl2NO6S/c1-17-8(12)3-2-4(9)5(10)6(11(13)14)7(3)18(15)16/h2-3H,1H3. The van der Waals surface area contributed by atoms with Crippen LogP contribution in [-0.2, 0) is 19.8 Å². The third kappa shape index (κ3) is 2.55. The van der Waals surface area contributed by atoms with Crippen LogP contribution in [0.2, 0.25) is 0 Å². The Hall–Kier alpha value is -1.38. The Bertz CT molecular complexity index is 609. The van der Waals surface area contributed by atoms with Crippen LogP contribution in [0.25, 0.3) is 0 Å². The molecule has 10 heteroatoms. The summed E-state index contributed by atoms with van der Waals surface area (Å²) < 4.78 is 26.4. The molecule has 0 fully saturated rings. The van der Waals surface area contributed by atoms with E-state index in [0.29, 0.717) is 0 Å². The fourth-order valence-electron chi connectivity index (χ4n) is 1.32. The van der Waals surface area contributed by atoms with Gasteiger partial charge in [0.1, 0.15) is 11.0 Å². The lowest BCUT2D eigenvalue weighted by atomic mass is 9.98. The molecule has 1 unspecified atom stereocenters. The van der Waals surface area contributed by atoms with Gasteiger partial charge in [0.15, 0.2) is 4.86 Å². The molecule has 1 rings (SSSR count). The summed E-state index contributed by atoms with van der Waals surface area (Å²) in [7, 11) is -2.00. The van der Waals surface area contributed by atoms with Gasteiger partial charge in [0, 0.05) is 0 Å². The fraction of sp³-hybridized carbons (Fsp3) is 0.250. The molecule has 1 atom stereocenters. The molecule has 0 aliphatic heterocycles. The molecule has 18 heavy (non-hydrogen) atoms.